The highest BCUT2D eigenvalue weighted by Crippen LogP contribution is 2.32. The highest BCUT2D eigenvalue weighted by atomic mass is 35.5. The number of nitrogens with zero attached hydrogens (tertiary/aromatic N) is 3. The number of hydrogen-bond acceptors (Lipinski definition) is 5. The lowest BCUT2D eigenvalue weighted by Crippen LogP contribution is -2.57. The van der Waals surface area contributed by atoms with Gasteiger partial charge in [0.05, 0.1) is 13.2 Å². The number of halogens is 1. The van der Waals surface area contributed by atoms with E-state index in [-0.39, 0.29) is 24.4 Å². The van der Waals surface area contributed by atoms with Gasteiger partial charge in [-0.05, 0) is 54.4 Å². The SMILES string of the molecule is Cl.O=C(N1CCOC(c2ccsc2)C1)C1(n2cccn2)CCNCC1. The Hall–Kier alpha value is -1.41. The van der Waals surface area contributed by atoms with Gasteiger partial charge in [-0.15, -0.1) is 12.4 Å². The fourth-order valence-electron chi connectivity index (χ4n) is 3.69. The van der Waals surface area contributed by atoms with Crippen LogP contribution in [0, 0.1) is 0 Å². The van der Waals surface area contributed by atoms with E-state index in [0.717, 1.165) is 31.5 Å². The zero-order valence-electron chi connectivity index (χ0n) is 14.0. The molecule has 0 saturated carbocycles. The van der Waals surface area contributed by atoms with Gasteiger partial charge in [0.1, 0.15) is 11.6 Å². The number of thiophene rings is 1. The fourth-order valence-corrected chi connectivity index (χ4v) is 4.39. The summed E-state index contributed by atoms with van der Waals surface area (Å²) in [5.74, 6) is 0.177. The summed E-state index contributed by atoms with van der Waals surface area (Å²) in [6.45, 7) is 3.52. The normalized spacial score (nSPS) is 23.0. The molecule has 4 heterocycles. The van der Waals surface area contributed by atoms with Crippen molar-refractivity contribution in [1.29, 1.82) is 0 Å². The molecule has 6 nitrogen and oxygen atoms in total. The summed E-state index contributed by atoms with van der Waals surface area (Å²) < 4.78 is 7.76. The van der Waals surface area contributed by atoms with E-state index in [1.54, 1.807) is 17.5 Å². The minimum atomic E-state index is -0.564. The van der Waals surface area contributed by atoms with E-state index < -0.39 is 5.54 Å². The summed E-state index contributed by atoms with van der Waals surface area (Å²) >= 11 is 1.66. The average molecular weight is 383 g/mol. The van der Waals surface area contributed by atoms with E-state index in [9.17, 15) is 4.79 Å². The van der Waals surface area contributed by atoms with Gasteiger partial charge in [-0.1, -0.05) is 0 Å². The lowest BCUT2D eigenvalue weighted by molar-refractivity contribution is -0.151. The largest absolute Gasteiger partial charge is 0.370 e. The highest BCUT2D eigenvalue weighted by Gasteiger charge is 2.45. The molecular weight excluding hydrogens is 360 g/mol. The quantitative estimate of drug-likeness (QED) is 0.882. The molecule has 25 heavy (non-hydrogen) atoms. The highest BCUT2D eigenvalue weighted by molar-refractivity contribution is 7.07. The van der Waals surface area contributed by atoms with Crippen LogP contribution in [0.3, 0.4) is 0 Å². The Morgan fingerprint density at radius 3 is 2.92 bits per heavy atom. The van der Waals surface area contributed by atoms with Gasteiger partial charge in [-0.2, -0.15) is 16.4 Å². The zero-order valence-corrected chi connectivity index (χ0v) is 15.6. The molecule has 0 aromatic carbocycles. The average Bonchev–Trinajstić information content (AvgIpc) is 3.35. The van der Waals surface area contributed by atoms with Crippen LogP contribution in [0.25, 0.3) is 0 Å². The molecule has 136 valence electrons. The number of amides is 1. The Balaban J connectivity index is 0.00000182. The van der Waals surface area contributed by atoms with E-state index in [1.807, 2.05) is 21.8 Å². The van der Waals surface area contributed by atoms with Crippen molar-refractivity contribution < 1.29 is 9.53 Å². The van der Waals surface area contributed by atoms with Crippen molar-refractivity contribution in [3.63, 3.8) is 0 Å². The van der Waals surface area contributed by atoms with E-state index >= 15 is 0 Å². The molecule has 1 amide bonds. The Kier molecular flexibility index (Phi) is 5.78. The Bertz CT molecular complexity index is 671. The predicted molar refractivity (Wildman–Crippen MR) is 99.1 cm³/mol. The predicted octanol–water partition coefficient (Wildman–Crippen LogP) is 2.05. The first-order valence-electron chi connectivity index (χ1n) is 8.43. The van der Waals surface area contributed by atoms with Gasteiger partial charge in [-0.3, -0.25) is 9.48 Å². The lowest BCUT2D eigenvalue weighted by atomic mass is 9.86. The number of aromatic nitrogens is 2. The van der Waals surface area contributed by atoms with Crippen LogP contribution in [0.1, 0.15) is 24.5 Å². The monoisotopic (exact) mass is 382 g/mol. The second-order valence-electron chi connectivity index (χ2n) is 6.40. The van der Waals surface area contributed by atoms with Crippen molar-refractivity contribution >= 4 is 29.7 Å². The van der Waals surface area contributed by atoms with Crippen LogP contribution in [-0.2, 0) is 15.1 Å². The summed E-state index contributed by atoms with van der Waals surface area (Å²) in [6, 6.07) is 3.97. The molecule has 2 aromatic rings. The molecule has 1 unspecified atom stereocenters. The summed E-state index contributed by atoms with van der Waals surface area (Å²) in [7, 11) is 0. The molecule has 8 heteroatoms. The van der Waals surface area contributed by atoms with Crippen molar-refractivity contribution in [3.05, 3.63) is 40.8 Å². The molecule has 0 aliphatic carbocycles. The summed E-state index contributed by atoms with van der Waals surface area (Å²) in [5.41, 5.74) is 0.599. The number of rotatable bonds is 3. The molecular formula is C17H23ClN4O2S. The van der Waals surface area contributed by atoms with E-state index in [2.05, 4.69) is 27.2 Å². The first-order valence-corrected chi connectivity index (χ1v) is 9.38. The zero-order chi connectivity index (χ0) is 16.4. The molecule has 2 saturated heterocycles. The molecule has 2 aliphatic heterocycles. The van der Waals surface area contributed by atoms with Crippen LogP contribution in [0.4, 0.5) is 0 Å². The molecule has 2 aliphatic rings. The number of ether oxygens (including phenoxy) is 1. The topological polar surface area (TPSA) is 59.4 Å². The number of hydrogen-bond donors (Lipinski definition) is 1. The minimum Gasteiger partial charge on any atom is -0.370 e. The second kappa shape index (κ2) is 7.86. The van der Waals surface area contributed by atoms with Crippen LogP contribution >= 0.6 is 23.7 Å². The van der Waals surface area contributed by atoms with E-state index in [1.165, 1.54) is 0 Å². The van der Waals surface area contributed by atoms with Crippen LogP contribution in [0.5, 0.6) is 0 Å². The Morgan fingerprint density at radius 2 is 2.24 bits per heavy atom. The van der Waals surface area contributed by atoms with Crippen LogP contribution < -0.4 is 5.32 Å². The smallest absolute Gasteiger partial charge is 0.250 e. The van der Waals surface area contributed by atoms with Gasteiger partial charge in [0.25, 0.3) is 5.91 Å². The van der Waals surface area contributed by atoms with Gasteiger partial charge in [-0.25, -0.2) is 0 Å². The van der Waals surface area contributed by atoms with Gasteiger partial charge in [0.2, 0.25) is 0 Å². The van der Waals surface area contributed by atoms with Gasteiger partial charge >= 0.3 is 0 Å². The van der Waals surface area contributed by atoms with Crippen molar-refractivity contribution in [2.75, 3.05) is 32.8 Å². The number of nitrogens with one attached hydrogen (secondary N) is 1. The van der Waals surface area contributed by atoms with Crippen LogP contribution in [-0.4, -0.2) is 53.4 Å². The molecule has 4 rings (SSSR count). The van der Waals surface area contributed by atoms with Crippen LogP contribution in [0.15, 0.2) is 35.3 Å². The first kappa shape index (κ1) is 18.4. The Labute approximate surface area is 157 Å². The van der Waals surface area contributed by atoms with Crippen molar-refractivity contribution in [3.8, 4) is 0 Å². The van der Waals surface area contributed by atoms with Crippen molar-refractivity contribution in [1.82, 2.24) is 20.0 Å². The maximum absolute atomic E-state index is 13.5. The summed E-state index contributed by atoms with van der Waals surface area (Å²) in [6.07, 6.45) is 5.19. The third-order valence-electron chi connectivity index (χ3n) is 5.04. The maximum atomic E-state index is 13.5. The minimum absolute atomic E-state index is 0. The van der Waals surface area contributed by atoms with E-state index in [0.29, 0.717) is 19.7 Å². The Morgan fingerprint density at radius 1 is 1.40 bits per heavy atom. The van der Waals surface area contributed by atoms with E-state index in [4.69, 9.17) is 4.74 Å². The third-order valence-corrected chi connectivity index (χ3v) is 5.74. The third kappa shape index (κ3) is 3.46. The number of piperidine rings is 1. The van der Waals surface area contributed by atoms with Crippen molar-refractivity contribution in [2.45, 2.75) is 24.5 Å². The molecule has 0 bridgehead atoms. The summed E-state index contributed by atoms with van der Waals surface area (Å²) in [5, 5.41) is 11.9. The molecule has 1 N–H and O–H groups in total. The summed E-state index contributed by atoms with van der Waals surface area (Å²) in [4.78, 5) is 15.4. The number of carbonyl (C=O) groups is 1. The number of carbonyl (C=O) groups excluding carboxylic acids is 1. The van der Waals surface area contributed by atoms with Gasteiger partial charge in [0.15, 0.2) is 0 Å². The van der Waals surface area contributed by atoms with Gasteiger partial charge < -0.3 is 15.0 Å². The first-order chi connectivity index (χ1) is 11.8. The lowest BCUT2D eigenvalue weighted by Gasteiger charge is -2.42. The number of morpholine rings is 1. The second-order valence-corrected chi connectivity index (χ2v) is 7.18. The maximum Gasteiger partial charge on any atom is 0.250 e. The van der Waals surface area contributed by atoms with Crippen LogP contribution in [0.2, 0.25) is 0 Å². The molecule has 1 atom stereocenters. The van der Waals surface area contributed by atoms with Gasteiger partial charge in [0, 0.05) is 18.9 Å². The fraction of sp³-hybridized carbons (Fsp3) is 0.529. The molecule has 0 spiro atoms. The van der Waals surface area contributed by atoms with Crippen molar-refractivity contribution in [2.24, 2.45) is 0 Å². The molecule has 2 fully saturated rings. The molecule has 0 radical (unpaired) electrons. The standard InChI is InChI=1S/C17H22N4O2S.ClH/c22-16(17(3-6-18-7-4-17)21-8-1-5-19-21)20-9-10-23-15(12-20)14-2-11-24-13-14;/h1-2,5,8,11,13,15,18H,3-4,6-7,9-10,12H2;1H. The molecule has 2 aromatic heterocycles.